The van der Waals surface area contributed by atoms with E-state index in [1.165, 1.54) is 7.11 Å². The molecule has 0 spiro atoms. The van der Waals surface area contributed by atoms with Crippen LogP contribution in [0.25, 0.3) is 0 Å². The number of anilines is 1. The van der Waals surface area contributed by atoms with Gasteiger partial charge in [-0.05, 0) is 31.0 Å². The van der Waals surface area contributed by atoms with Crippen LogP contribution in [-0.2, 0) is 14.3 Å². The molecule has 0 saturated carbocycles. The largest absolute Gasteiger partial charge is 0.466 e. The van der Waals surface area contributed by atoms with Gasteiger partial charge < -0.3 is 15.4 Å². The lowest BCUT2D eigenvalue weighted by Gasteiger charge is -2.35. The predicted octanol–water partition coefficient (Wildman–Crippen LogP) is 3.59. The molecular formula is C21H29N3O4. The van der Waals surface area contributed by atoms with Crippen molar-refractivity contribution in [2.45, 2.75) is 47.1 Å². The van der Waals surface area contributed by atoms with E-state index in [2.05, 4.69) is 10.6 Å². The zero-order chi connectivity index (χ0) is 21.1. The molecule has 1 aliphatic heterocycles. The SMILES string of the molecule is CCCN1C(=O)NC(c2cccc(NC(=O)C(C)(C)C)c2)C(C(=O)OC)=C1C. The summed E-state index contributed by atoms with van der Waals surface area (Å²) in [7, 11) is 1.32. The highest BCUT2D eigenvalue weighted by molar-refractivity contribution is 5.96. The fraction of sp³-hybridized carbons (Fsp3) is 0.476. The first-order valence-electron chi connectivity index (χ1n) is 9.38. The van der Waals surface area contributed by atoms with Crippen molar-refractivity contribution in [3.8, 4) is 0 Å². The molecule has 0 aliphatic carbocycles. The minimum atomic E-state index is -0.653. The van der Waals surface area contributed by atoms with Gasteiger partial charge in [0, 0.05) is 23.3 Å². The summed E-state index contributed by atoms with van der Waals surface area (Å²) in [6.45, 7) is 9.71. The summed E-state index contributed by atoms with van der Waals surface area (Å²) in [6, 6.07) is 6.21. The van der Waals surface area contributed by atoms with Crippen molar-refractivity contribution < 1.29 is 19.1 Å². The van der Waals surface area contributed by atoms with Gasteiger partial charge in [0.25, 0.3) is 0 Å². The summed E-state index contributed by atoms with van der Waals surface area (Å²) in [5.74, 6) is -0.612. The van der Waals surface area contributed by atoms with Gasteiger partial charge in [-0.15, -0.1) is 0 Å². The standard InChI is InChI=1S/C21H29N3O4/c1-7-11-24-13(2)16(18(25)28-6)17(23-20(24)27)14-9-8-10-15(12-14)22-19(26)21(3,4)5/h8-10,12,17H,7,11H2,1-6H3,(H,22,26)(H,23,27). The zero-order valence-corrected chi connectivity index (χ0v) is 17.4. The van der Waals surface area contributed by atoms with Gasteiger partial charge in [0.1, 0.15) is 0 Å². The third kappa shape index (κ3) is 4.52. The van der Waals surface area contributed by atoms with Crippen molar-refractivity contribution in [1.29, 1.82) is 0 Å². The Labute approximate surface area is 166 Å². The van der Waals surface area contributed by atoms with Gasteiger partial charge in [-0.3, -0.25) is 9.69 Å². The number of carbonyl (C=O) groups excluding carboxylic acids is 3. The minimum absolute atomic E-state index is 0.119. The van der Waals surface area contributed by atoms with Crippen molar-refractivity contribution in [3.05, 3.63) is 41.1 Å². The molecule has 1 atom stereocenters. The first-order valence-corrected chi connectivity index (χ1v) is 9.38. The maximum atomic E-state index is 12.6. The number of nitrogens with one attached hydrogen (secondary N) is 2. The molecule has 2 N–H and O–H groups in total. The summed E-state index contributed by atoms with van der Waals surface area (Å²) < 4.78 is 4.97. The van der Waals surface area contributed by atoms with E-state index in [1.807, 2.05) is 33.8 Å². The van der Waals surface area contributed by atoms with E-state index in [1.54, 1.807) is 30.0 Å². The number of urea groups is 1. The quantitative estimate of drug-likeness (QED) is 0.756. The lowest BCUT2D eigenvalue weighted by Crippen LogP contribution is -2.48. The fourth-order valence-electron chi connectivity index (χ4n) is 3.01. The number of hydrogen-bond donors (Lipinski definition) is 2. The van der Waals surface area contributed by atoms with Gasteiger partial charge in [0.2, 0.25) is 5.91 Å². The Hall–Kier alpha value is -2.83. The van der Waals surface area contributed by atoms with E-state index in [0.29, 0.717) is 29.1 Å². The highest BCUT2D eigenvalue weighted by atomic mass is 16.5. The van der Waals surface area contributed by atoms with E-state index < -0.39 is 17.4 Å². The Morgan fingerprint density at radius 1 is 1.29 bits per heavy atom. The summed E-state index contributed by atoms with van der Waals surface area (Å²) in [5, 5.41) is 5.77. The summed E-state index contributed by atoms with van der Waals surface area (Å²) >= 11 is 0. The van der Waals surface area contributed by atoms with Crippen molar-refractivity contribution in [3.63, 3.8) is 0 Å². The third-order valence-electron chi connectivity index (χ3n) is 4.61. The van der Waals surface area contributed by atoms with Gasteiger partial charge in [-0.2, -0.15) is 0 Å². The highest BCUT2D eigenvalue weighted by Crippen LogP contribution is 2.32. The zero-order valence-electron chi connectivity index (χ0n) is 17.4. The molecule has 152 valence electrons. The second-order valence-corrected chi connectivity index (χ2v) is 7.85. The number of hydrogen-bond acceptors (Lipinski definition) is 4. The second kappa shape index (κ2) is 8.46. The summed E-state index contributed by atoms with van der Waals surface area (Å²) in [5.41, 5.74) is 1.71. The average molecular weight is 387 g/mol. The number of amides is 3. The molecule has 1 aromatic carbocycles. The number of esters is 1. The van der Waals surface area contributed by atoms with Crippen molar-refractivity contribution in [2.24, 2.45) is 5.41 Å². The van der Waals surface area contributed by atoms with Gasteiger partial charge in [0.15, 0.2) is 0 Å². The number of rotatable bonds is 5. The Morgan fingerprint density at radius 2 is 1.96 bits per heavy atom. The van der Waals surface area contributed by atoms with Gasteiger partial charge in [-0.25, -0.2) is 9.59 Å². The number of carbonyl (C=O) groups is 3. The monoisotopic (exact) mass is 387 g/mol. The van der Waals surface area contributed by atoms with Crippen LogP contribution >= 0.6 is 0 Å². The fourth-order valence-corrected chi connectivity index (χ4v) is 3.01. The smallest absolute Gasteiger partial charge is 0.337 e. The molecule has 3 amide bonds. The van der Waals surface area contributed by atoms with E-state index in [-0.39, 0.29) is 11.9 Å². The maximum Gasteiger partial charge on any atom is 0.337 e. The molecule has 1 heterocycles. The molecule has 0 saturated heterocycles. The normalized spacial score (nSPS) is 17.3. The molecule has 1 aromatic rings. The molecule has 7 heteroatoms. The van der Waals surface area contributed by atoms with E-state index in [4.69, 9.17) is 4.74 Å². The second-order valence-electron chi connectivity index (χ2n) is 7.85. The topological polar surface area (TPSA) is 87.7 Å². The average Bonchev–Trinajstić information content (AvgIpc) is 2.63. The molecule has 28 heavy (non-hydrogen) atoms. The number of nitrogens with zero attached hydrogens (tertiary/aromatic N) is 1. The van der Waals surface area contributed by atoms with Crippen LogP contribution in [0.5, 0.6) is 0 Å². The van der Waals surface area contributed by atoms with Gasteiger partial charge in [0.05, 0.1) is 18.7 Å². The van der Waals surface area contributed by atoms with Crippen molar-refractivity contribution in [1.82, 2.24) is 10.2 Å². The van der Waals surface area contributed by atoms with Crippen LogP contribution in [0, 0.1) is 5.41 Å². The van der Waals surface area contributed by atoms with E-state index in [0.717, 1.165) is 6.42 Å². The maximum absolute atomic E-state index is 12.6. The number of benzene rings is 1. The van der Waals surface area contributed by atoms with E-state index >= 15 is 0 Å². The summed E-state index contributed by atoms with van der Waals surface area (Å²) in [6.07, 6.45) is 0.762. The van der Waals surface area contributed by atoms with Gasteiger partial charge in [-0.1, -0.05) is 39.8 Å². The number of ether oxygens (including phenoxy) is 1. The molecule has 1 aliphatic rings. The van der Waals surface area contributed by atoms with Gasteiger partial charge >= 0.3 is 12.0 Å². The highest BCUT2D eigenvalue weighted by Gasteiger charge is 2.36. The van der Waals surface area contributed by atoms with Crippen molar-refractivity contribution >= 4 is 23.6 Å². The lowest BCUT2D eigenvalue weighted by molar-refractivity contribution is -0.136. The molecule has 0 aromatic heterocycles. The number of methoxy groups -OCH3 is 1. The van der Waals surface area contributed by atoms with E-state index in [9.17, 15) is 14.4 Å². The molecule has 2 rings (SSSR count). The molecule has 0 radical (unpaired) electrons. The molecular weight excluding hydrogens is 358 g/mol. The van der Waals surface area contributed by atoms with Crippen LogP contribution < -0.4 is 10.6 Å². The Balaban J connectivity index is 2.45. The lowest BCUT2D eigenvalue weighted by atomic mass is 9.93. The van der Waals surface area contributed by atoms with Crippen LogP contribution in [0.1, 0.15) is 52.6 Å². The van der Waals surface area contributed by atoms with Crippen LogP contribution in [0.2, 0.25) is 0 Å². The Bertz CT molecular complexity index is 808. The third-order valence-corrected chi connectivity index (χ3v) is 4.61. The van der Waals surface area contributed by atoms with Crippen LogP contribution in [0.15, 0.2) is 35.5 Å². The Morgan fingerprint density at radius 3 is 2.54 bits per heavy atom. The molecule has 0 bridgehead atoms. The predicted molar refractivity (Wildman–Crippen MR) is 108 cm³/mol. The number of allylic oxidation sites excluding steroid dienone is 1. The molecule has 7 nitrogen and oxygen atoms in total. The first-order chi connectivity index (χ1) is 13.1. The first kappa shape index (κ1) is 21.5. The van der Waals surface area contributed by atoms with Crippen LogP contribution in [-0.4, -0.2) is 36.5 Å². The summed E-state index contributed by atoms with van der Waals surface area (Å²) in [4.78, 5) is 38.9. The van der Waals surface area contributed by atoms with Crippen molar-refractivity contribution in [2.75, 3.05) is 19.0 Å². The molecule has 1 unspecified atom stereocenters. The minimum Gasteiger partial charge on any atom is -0.466 e. The molecule has 0 fully saturated rings. The van der Waals surface area contributed by atoms with Crippen LogP contribution in [0.3, 0.4) is 0 Å². The Kier molecular flexibility index (Phi) is 6.48. The van der Waals surface area contributed by atoms with Crippen LogP contribution in [0.4, 0.5) is 10.5 Å².